The summed E-state index contributed by atoms with van der Waals surface area (Å²) in [5.41, 5.74) is 0.724. The molecule has 148 valence electrons. The van der Waals surface area contributed by atoms with Gasteiger partial charge in [0.05, 0.1) is 27.2 Å². The third-order valence-electron chi connectivity index (χ3n) is 4.25. The first-order valence-electron chi connectivity index (χ1n) is 8.69. The molecule has 3 rings (SSSR count). The number of sulfonamides is 1. The van der Waals surface area contributed by atoms with Gasteiger partial charge >= 0.3 is 10.0 Å². The molecule has 1 heterocycles. The van der Waals surface area contributed by atoms with Crippen molar-refractivity contribution in [1.82, 2.24) is 4.72 Å². The van der Waals surface area contributed by atoms with Crippen LogP contribution in [0.5, 0.6) is 11.5 Å². The Labute approximate surface area is 163 Å². The predicted molar refractivity (Wildman–Crippen MR) is 104 cm³/mol. The molecule has 0 unspecified atom stereocenters. The number of nitrogens with one attached hydrogen (secondary N) is 3. The first-order chi connectivity index (χ1) is 13.4. The highest BCUT2D eigenvalue weighted by atomic mass is 32.2. The van der Waals surface area contributed by atoms with E-state index < -0.39 is 15.9 Å². The van der Waals surface area contributed by atoms with Crippen LogP contribution >= 0.6 is 0 Å². The number of hydrogen-bond donors (Lipinski definition) is 3. The van der Waals surface area contributed by atoms with E-state index in [-0.39, 0.29) is 4.90 Å². The standard InChI is InChI=1S/C19H21N3O5S/c1-26-16-9-8-13(11-17(16)27-2)19(23)21-14-5-3-6-15(12-14)28(24,25)22-18-7-4-10-20-18/h3,5-6,8-9,11-12H,4,7,10H2,1-2H3,(H,20,22)(H,21,23)/p+1. The zero-order valence-corrected chi connectivity index (χ0v) is 16.4. The molecule has 0 fully saturated rings. The highest BCUT2D eigenvalue weighted by Gasteiger charge is 2.24. The van der Waals surface area contributed by atoms with E-state index in [4.69, 9.17) is 9.47 Å². The van der Waals surface area contributed by atoms with Crippen LogP contribution in [0, 0.1) is 0 Å². The molecule has 0 saturated carbocycles. The Kier molecular flexibility index (Phi) is 5.84. The van der Waals surface area contributed by atoms with Crippen molar-refractivity contribution in [1.29, 1.82) is 0 Å². The van der Waals surface area contributed by atoms with Crippen molar-refractivity contribution < 1.29 is 27.7 Å². The van der Waals surface area contributed by atoms with Crippen molar-refractivity contribution in [3.05, 3.63) is 48.0 Å². The number of anilines is 1. The van der Waals surface area contributed by atoms with Crippen molar-refractivity contribution in [2.45, 2.75) is 17.7 Å². The molecular formula is C19H22N3O5S+. The minimum Gasteiger partial charge on any atom is -0.493 e. The second-order valence-corrected chi connectivity index (χ2v) is 7.85. The third-order valence-corrected chi connectivity index (χ3v) is 5.64. The van der Waals surface area contributed by atoms with Crippen molar-refractivity contribution in [3.8, 4) is 11.5 Å². The van der Waals surface area contributed by atoms with E-state index in [0.29, 0.717) is 35.0 Å². The maximum atomic E-state index is 12.5. The molecule has 0 radical (unpaired) electrons. The van der Waals surface area contributed by atoms with Gasteiger partial charge in [0.2, 0.25) is 0 Å². The number of ether oxygens (including phenoxy) is 2. The summed E-state index contributed by atoms with van der Waals surface area (Å²) in [5.74, 6) is 1.13. The second kappa shape index (κ2) is 8.30. The van der Waals surface area contributed by atoms with Gasteiger partial charge < -0.3 is 14.8 Å². The molecule has 1 aliphatic heterocycles. The fourth-order valence-electron chi connectivity index (χ4n) is 2.82. The fourth-order valence-corrected chi connectivity index (χ4v) is 3.98. The molecule has 0 aromatic heterocycles. The minimum absolute atomic E-state index is 0.0683. The van der Waals surface area contributed by atoms with E-state index >= 15 is 0 Å². The Hall–Kier alpha value is -3.07. The summed E-state index contributed by atoms with van der Waals surface area (Å²) in [6.07, 6.45) is 1.55. The number of hydrogen-bond acceptors (Lipinski definition) is 5. The van der Waals surface area contributed by atoms with E-state index in [9.17, 15) is 13.2 Å². The van der Waals surface area contributed by atoms with Gasteiger partial charge in [0.15, 0.2) is 11.5 Å². The average molecular weight is 404 g/mol. The third kappa shape index (κ3) is 4.42. The smallest absolute Gasteiger partial charge is 0.328 e. The number of rotatable bonds is 6. The maximum Gasteiger partial charge on any atom is 0.328 e. The quantitative estimate of drug-likeness (QED) is 0.650. The number of amides is 1. The Balaban J connectivity index is 1.78. The maximum absolute atomic E-state index is 12.5. The second-order valence-electron chi connectivity index (χ2n) is 6.17. The molecule has 2 aromatic carbocycles. The van der Waals surface area contributed by atoms with Crippen LogP contribution in [0.15, 0.2) is 47.4 Å². The number of carbonyl (C=O) groups excluding carboxylic acids is 1. The lowest BCUT2D eigenvalue weighted by molar-refractivity contribution is -0.448. The molecule has 0 atom stereocenters. The van der Waals surface area contributed by atoms with Crippen LogP contribution in [-0.4, -0.2) is 40.9 Å². The molecular weight excluding hydrogens is 382 g/mol. The molecule has 0 saturated heterocycles. The lowest BCUT2D eigenvalue weighted by Gasteiger charge is -2.10. The van der Waals surface area contributed by atoms with Gasteiger partial charge in [-0.2, -0.15) is 13.1 Å². The summed E-state index contributed by atoms with van der Waals surface area (Å²) in [4.78, 5) is 15.6. The van der Waals surface area contributed by atoms with E-state index in [0.717, 1.165) is 13.0 Å². The van der Waals surface area contributed by atoms with Crippen LogP contribution in [0.2, 0.25) is 0 Å². The van der Waals surface area contributed by atoms with Gasteiger partial charge in [0.1, 0.15) is 4.90 Å². The van der Waals surface area contributed by atoms with E-state index in [1.807, 2.05) is 0 Å². The summed E-state index contributed by atoms with van der Waals surface area (Å²) in [7, 11) is -0.729. The van der Waals surface area contributed by atoms with Crippen LogP contribution in [0.3, 0.4) is 0 Å². The fraction of sp³-hybridized carbons (Fsp3) is 0.263. The Morgan fingerprint density at radius 3 is 2.54 bits per heavy atom. The summed E-state index contributed by atoms with van der Waals surface area (Å²) in [6.45, 7) is 0.749. The van der Waals surface area contributed by atoms with Crippen LogP contribution < -0.4 is 24.5 Å². The first-order valence-corrected chi connectivity index (χ1v) is 10.2. The lowest BCUT2D eigenvalue weighted by Crippen LogP contribution is -2.72. The zero-order valence-electron chi connectivity index (χ0n) is 15.6. The van der Waals surface area contributed by atoms with Crippen molar-refractivity contribution >= 4 is 27.5 Å². The van der Waals surface area contributed by atoms with Gasteiger partial charge in [-0.05, 0) is 42.8 Å². The van der Waals surface area contributed by atoms with Gasteiger partial charge in [-0.1, -0.05) is 6.07 Å². The monoisotopic (exact) mass is 404 g/mol. The number of carbonyl (C=O) groups is 1. The molecule has 3 N–H and O–H groups in total. The highest BCUT2D eigenvalue weighted by molar-refractivity contribution is 7.90. The molecule has 0 bridgehead atoms. The van der Waals surface area contributed by atoms with Crippen molar-refractivity contribution in [2.75, 3.05) is 26.1 Å². The van der Waals surface area contributed by atoms with Gasteiger partial charge in [-0.3, -0.25) is 9.79 Å². The molecule has 9 heteroatoms. The number of amidine groups is 1. The number of benzene rings is 2. The molecule has 0 aliphatic carbocycles. The Morgan fingerprint density at radius 2 is 1.86 bits per heavy atom. The summed E-state index contributed by atoms with van der Waals surface area (Å²) < 4.78 is 38.0. The highest BCUT2D eigenvalue weighted by Crippen LogP contribution is 2.28. The SMILES string of the molecule is COc1ccc(C(=O)Nc2cccc(S(=O)(=O)NC3=[NH+]CCC3)c2)cc1OC. The van der Waals surface area contributed by atoms with Crippen molar-refractivity contribution in [2.24, 2.45) is 0 Å². The van der Waals surface area contributed by atoms with Crippen LogP contribution in [0.4, 0.5) is 5.69 Å². The largest absolute Gasteiger partial charge is 0.493 e. The predicted octanol–water partition coefficient (Wildman–Crippen LogP) is 0.507. The lowest BCUT2D eigenvalue weighted by atomic mass is 10.2. The van der Waals surface area contributed by atoms with E-state index in [1.165, 1.54) is 26.4 Å². The summed E-state index contributed by atoms with van der Waals surface area (Å²) in [6, 6.07) is 10.9. The van der Waals surface area contributed by atoms with Crippen molar-refractivity contribution in [3.63, 3.8) is 0 Å². The molecule has 1 amide bonds. The summed E-state index contributed by atoms with van der Waals surface area (Å²) >= 11 is 0. The van der Waals surface area contributed by atoms with Crippen LogP contribution in [-0.2, 0) is 10.0 Å². The molecule has 2 aromatic rings. The Bertz CT molecular complexity index is 1020. The van der Waals surface area contributed by atoms with Crippen LogP contribution in [0.1, 0.15) is 23.2 Å². The van der Waals surface area contributed by atoms with Gasteiger partial charge in [-0.25, -0.2) is 0 Å². The topological polar surface area (TPSA) is 108 Å². The van der Waals surface area contributed by atoms with Gasteiger partial charge in [0, 0.05) is 11.3 Å². The summed E-state index contributed by atoms with van der Waals surface area (Å²) in [5, 5.41) is 2.70. The van der Waals surface area contributed by atoms with Gasteiger partial charge in [-0.15, -0.1) is 0 Å². The first kappa shape index (κ1) is 19.7. The minimum atomic E-state index is -3.72. The molecule has 28 heavy (non-hydrogen) atoms. The van der Waals surface area contributed by atoms with E-state index in [1.54, 1.807) is 30.3 Å². The number of methoxy groups -OCH3 is 2. The Morgan fingerprint density at radius 1 is 1.07 bits per heavy atom. The van der Waals surface area contributed by atoms with Crippen LogP contribution in [0.25, 0.3) is 0 Å². The molecule has 8 nitrogen and oxygen atoms in total. The van der Waals surface area contributed by atoms with E-state index in [2.05, 4.69) is 15.0 Å². The normalized spacial score (nSPS) is 13.6. The average Bonchev–Trinajstić information content (AvgIpc) is 3.19. The molecule has 1 aliphatic rings. The zero-order chi connectivity index (χ0) is 20.1. The molecule has 0 spiro atoms. The van der Waals surface area contributed by atoms with Gasteiger partial charge in [0.25, 0.3) is 11.7 Å².